The van der Waals surface area contributed by atoms with Crippen LogP contribution in [0.4, 0.5) is 0 Å². The summed E-state index contributed by atoms with van der Waals surface area (Å²) in [6.07, 6.45) is 3.46. The molecule has 0 bridgehead atoms. The molecule has 4 aromatic rings. The average molecular weight is 812 g/mol. The number of nitriles is 1. The number of hydrogen-bond donors (Lipinski definition) is 2. The number of aromatic amines is 1. The van der Waals surface area contributed by atoms with Crippen LogP contribution in [-0.4, -0.2) is 111 Å². The van der Waals surface area contributed by atoms with Crippen LogP contribution in [0, 0.1) is 11.3 Å². The molecule has 0 aliphatic carbocycles. The Balaban J connectivity index is 0.869. The Labute approximate surface area is 340 Å². The highest BCUT2D eigenvalue weighted by Gasteiger charge is 2.46. The summed E-state index contributed by atoms with van der Waals surface area (Å²) in [6.45, 7) is 6.75. The highest BCUT2D eigenvalue weighted by molar-refractivity contribution is 6.24. The third-order valence-electron chi connectivity index (χ3n) is 9.20. The maximum absolute atomic E-state index is 13.2. The lowest BCUT2D eigenvalue weighted by molar-refractivity contribution is -0.308. The van der Waals surface area contributed by atoms with Crippen LogP contribution in [-0.2, 0) is 40.2 Å². The molecule has 1 saturated heterocycles. The number of carbonyl (C=O) groups excluding carboxylic acids is 4. The minimum absolute atomic E-state index is 0.0383. The average Bonchev–Trinajstić information content (AvgIpc) is 3.87. The lowest BCUT2D eigenvalue weighted by Gasteiger charge is -2.27. The first-order valence-corrected chi connectivity index (χ1v) is 19.2. The van der Waals surface area contributed by atoms with Crippen LogP contribution in [0.15, 0.2) is 61.1 Å². The van der Waals surface area contributed by atoms with E-state index in [2.05, 4.69) is 21.4 Å². The molecule has 1 aromatic heterocycles. The van der Waals surface area contributed by atoms with Gasteiger partial charge < -0.3 is 33.4 Å². The van der Waals surface area contributed by atoms with Gasteiger partial charge in [-0.1, -0.05) is 6.07 Å². The fraction of sp³-hybridized carbons (Fsp3) is 0.381. The number of hydrogen-bond acceptors (Lipinski definition) is 14. The van der Waals surface area contributed by atoms with Gasteiger partial charge in [0.2, 0.25) is 11.8 Å². The van der Waals surface area contributed by atoms with E-state index in [1.807, 2.05) is 32.0 Å². The maximum atomic E-state index is 13.2. The summed E-state index contributed by atoms with van der Waals surface area (Å²) in [5.41, 5.74) is 4.47. The van der Waals surface area contributed by atoms with E-state index in [-0.39, 0.29) is 62.8 Å². The van der Waals surface area contributed by atoms with E-state index in [1.165, 1.54) is 6.07 Å². The summed E-state index contributed by atoms with van der Waals surface area (Å²) in [5.74, 6) is -0.946. The van der Waals surface area contributed by atoms with Gasteiger partial charge in [-0.15, -0.1) is 0 Å². The van der Waals surface area contributed by atoms with Crippen molar-refractivity contribution in [1.29, 1.82) is 5.26 Å². The molecule has 1 fully saturated rings. The zero-order valence-corrected chi connectivity index (χ0v) is 32.8. The summed E-state index contributed by atoms with van der Waals surface area (Å²) in [7, 11) is 0. The standard InChI is InChI=1S/C42H45N5O12/c1-3-55-36-22-37(56-4-2)32(28-18-27(23-43)19-29(20-28)33-24-44-26-45-33)21-30(36)25-59-58-17-15-54-13-11-52-10-12-53-14-16-57-35-7-5-6-31-39(35)42(51)47(41(31)50)34-8-9-38(48)46-40(34)49/h5-7,18-22,24,26,34H,3-4,8-17,25H2,1-2H3,(H,44,45)(H,46,48,49). The SMILES string of the molecule is CCOc1cc(OCC)c(-c2cc(C#N)cc(-c3c[nH]cn3)c2)cc1COOCCOCCOCCOCCOc1cccc2c1C(=O)N(C1CCC(=O)NC1=O)C2=O. The third kappa shape index (κ3) is 10.7. The number of aromatic nitrogens is 2. The molecule has 59 heavy (non-hydrogen) atoms. The molecular formula is C42H45N5O12. The lowest BCUT2D eigenvalue weighted by Crippen LogP contribution is -2.54. The molecule has 17 heteroatoms. The third-order valence-corrected chi connectivity index (χ3v) is 9.20. The first-order valence-electron chi connectivity index (χ1n) is 19.2. The van der Waals surface area contributed by atoms with E-state index >= 15 is 0 Å². The zero-order chi connectivity index (χ0) is 41.6. The van der Waals surface area contributed by atoms with Gasteiger partial charge in [-0.05, 0) is 62.2 Å². The quantitative estimate of drug-likeness (QED) is 0.0461. The number of imide groups is 2. The fourth-order valence-corrected chi connectivity index (χ4v) is 6.54. The van der Waals surface area contributed by atoms with Gasteiger partial charge >= 0.3 is 0 Å². The highest BCUT2D eigenvalue weighted by atomic mass is 17.2. The van der Waals surface area contributed by atoms with Crippen molar-refractivity contribution in [3.8, 4) is 45.7 Å². The van der Waals surface area contributed by atoms with Crippen LogP contribution in [0.3, 0.4) is 0 Å². The van der Waals surface area contributed by atoms with Crippen molar-refractivity contribution in [1.82, 2.24) is 20.2 Å². The van der Waals surface area contributed by atoms with Gasteiger partial charge in [-0.2, -0.15) is 5.26 Å². The second-order valence-electron chi connectivity index (χ2n) is 13.1. The number of fused-ring (bicyclic) bond motifs is 1. The Morgan fingerprint density at radius 1 is 0.763 bits per heavy atom. The number of benzene rings is 3. The smallest absolute Gasteiger partial charge is 0.266 e. The van der Waals surface area contributed by atoms with E-state index in [4.69, 9.17) is 38.2 Å². The second kappa shape index (κ2) is 21.0. The number of imidazole rings is 1. The molecule has 0 spiro atoms. The van der Waals surface area contributed by atoms with Crippen molar-refractivity contribution >= 4 is 23.6 Å². The van der Waals surface area contributed by atoms with Crippen molar-refractivity contribution in [3.63, 3.8) is 0 Å². The highest BCUT2D eigenvalue weighted by Crippen LogP contribution is 2.39. The first kappa shape index (κ1) is 42.4. The van der Waals surface area contributed by atoms with Crippen molar-refractivity contribution in [3.05, 3.63) is 83.3 Å². The number of ether oxygens (including phenoxy) is 6. The molecule has 17 nitrogen and oxygen atoms in total. The Hall–Kier alpha value is -6.16. The summed E-state index contributed by atoms with van der Waals surface area (Å²) in [6, 6.07) is 15.1. The van der Waals surface area contributed by atoms with Crippen LogP contribution in [0.1, 0.15) is 58.5 Å². The molecule has 2 aliphatic heterocycles. The second-order valence-corrected chi connectivity index (χ2v) is 13.1. The maximum Gasteiger partial charge on any atom is 0.266 e. The molecule has 3 aromatic carbocycles. The van der Waals surface area contributed by atoms with Crippen molar-refractivity contribution < 1.29 is 57.4 Å². The van der Waals surface area contributed by atoms with Gasteiger partial charge in [-0.25, -0.2) is 14.8 Å². The van der Waals surface area contributed by atoms with Crippen LogP contribution in [0.25, 0.3) is 22.4 Å². The van der Waals surface area contributed by atoms with Gasteiger partial charge in [0, 0.05) is 35.4 Å². The predicted molar refractivity (Wildman–Crippen MR) is 208 cm³/mol. The van der Waals surface area contributed by atoms with Crippen LogP contribution < -0.4 is 19.5 Å². The van der Waals surface area contributed by atoms with Gasteiger partial charge in [0.1, 0.15) is 43.1 Å². The first-order chi connectivity index (χ1) is 28.8. The zero-order valence-electron chi connectivity index (χ0n) is 32.8. The largest absolute Gasteiger partial charge is 0.493 e. The Kier molecular flexibility index (Phi) is 15.1. The Morgan fingerprint density at radius 2 is 1.47 bits per heavy atom. The number of rotatable bonds is 23. The number of nitrogens with one attached hydrogen (secondary N) is 2. The summed E-state index contributed by atoms with van der Waals surface area (Å²) < 4.78 is 34.4. The summed E-state index contributed by atoms with van der Waals surface area (Å²) in [4.78, 5) is 69.2. The molecule has 1 unspecified atom stereocenters. The minimum Gasteiger partial charge on any atom is -0.493 e. The molecule has 0 saturated carbocycles. The van der Waals surface area contributed by atoms with E-state index in [0.29, 0.717) is 62.4 Å². The number of nitrogens with zero attached hydrogens (tertiary/aromatic N) is 3. The summed E-state index contributed by atoms with van der Waals surface area (Å²) in [5, 5.41) is 11.9. The number of carbonyl (C=O) groups is 4. The van der Waals surface area contributed by atoms with Gasteiger partial charge in [-0.3, -0.25) is 29.4 Å². The minimum atomic E-state index is -1.05. The van der Waals surface area contributed by atoms with Gasteiger partial charge in [0.15, 0.2) is 0 Å². The number of piperidine rings is 1. The van der Waals surface area contributed by atoms with Crippen molar-refractivity contribution in [2.24, 2.45) is 0 Å². The van der Waals surface area contributed by atoms with Gasteiger partial charge in [0.25, 0.3) is 11.8 Å². The normalized spacial score (nSPS) is 14.9. The molecule has 2 N–H and O–H groups in total. The molecule has 0 radical (unpaired) electrons. The lowest BCUT2D eigenvalue weighted by atomic mass is 9.96. The monoisotopic (exact) mass is 811 g/mol. The fourth-order valence-electron chi connectivity index (χ4n) is 6.54. The van der Waals surface area contributed by atoms with Gasteiger partial charge in [0.05, 0.1) is 87.6 Å². The molecule has 6 rings (SSSR count). The summed E-state index contributed by atoms with van der Waals surface area (Å²) >= 11 is 0. The molecule has 310 valence electrons. The van der Waals surface area contributed by atoms with E-state index < -0.39 is 29.7 Å². The molecule has 3 heterocycles. The Morgan fingerprint density at radius 3 is 2.17 bits per heavy atom. The molecule has 4 amide bonds. The predicted octanol–water partition coefficient (Wildman–Crippen LogP) is 4.39. The topological polar surface area (TPSA) is 210 Å². The van der Waals surface area contributed by atoms with E-state index in [1.54, 1.807) is 36.8 Å². The van der Waals surface area contributed by atoms with Crippen molar-refractivity contribution in [2.45, 2.75) is 39.3 Å². The number of H-pyrrole nitrogens is 1. The van der Waals surface area contributed by atoms with Crippen LogP contribution >= 0.6 is 0 Å². The Bertz CT molecular complexity index is 2150. The molecular weight excluding hydrogens is 766 g/mol. The van der Waals surface area contributed by atoms with E-state index in [9.17, 15) is 24.4 Å². The van der Waals surface area contributed by atoms with Crippen LogP contribution in [0.2, 0.25) is 0 Å². The molecule has 2 aliphatic rings. The van der Waals surface area contributed by atoms with Crippen LogP contribution in [0.5, 0.6) is 17.2 Å². The number of amides is 4. The van der Waals surface area contributed by atoms with E-state index in [0.717, 1.165) is 27.2 Å². The molecule has 1 atom stereocenters. The van der Waals surface area contributed by atoms with Crippen molar-refractivity contribution in [2.75, 3.05) is 66.1 Å².